The minimum Gasteiger partial charge on any atom is -0.351 e. The van der Waals surface area contributed by atoms with Crippen LogP contribution in [0.1, 0.15) is 39.5 Å². The van der Waals surface area contributed by atoms with Crippen LogP contribution in [-0.2, 0) is 9.47 Å². The molecule has 0 aromatic rings. The van der Waals surface area contributed by atoms with Crippen LogP contribution in [0.3, 0.4) is 0 Å². The summed E-state index contributed by atoms with van der Waals surface area (Å²) in [6.45, 7) is 5.28. The Morgan fingerprint density at radius 2 is 1.79 bits per heavy atom. The van der Waals surface area contributed by atoms with E-state index in [0.717, 1.165) is 12.3 Å². The van der Waals surface area contributed by atoms with Crippen LogP contribution in [-0.4, -0.2) is 25.5 Å². The maximum atomic E-state index is 6.02. The molecule has 1 aliphatic carbocycles. The molecule has 0 aromatic heterocycles. The van der Waals surface area contributed by atoms with Gasteiger partial charge in [-0.3, -0.25) is 0 Å². The van der Waals surface area contributed by atoms with Gasteiger partial charge in [-0.2, -0.15) is 0 Å². The molecule has 1 fully saturated rings. The first-order valence-electron chi connectivity index (χ1n) is 5.76. The molecule has 84 valence electrons. The van der Waals surface area contributed by atoms with Gasteiger partial charge in [0, 0.05) is 13.2 Å². The highest BCUT2D eigenvalue weighted by Crippen LogP contribution is 2.34. The van der Waals surface area contributed by atoms with Crippen LogP contribution < -0.4 is 5.73 Å². The molecule has 1 atom stereocenters. The van der Waals surface area contributed by atoms with Crippen LogP contribution in [0.5, 0.6) is 0 Å². The first-order valence-corrected chi connectivity index (χ1v) is 5.76. The topological polar surface area (TPSA) is 44.5 Å². The Balaban J connectivity index is 2.16. The highest BCUT2D eigenvalue weighted by atomic mass is 16.7. The van der Waals surface area contributed by atoms with Gasteiger partial charge < -0.3 is 15.2 Å². The lowest BCUT2D eigenvalue weighted by molar-refractivity contribution is -0.149. The van der Waals surface area contributed by atoms with Crippen LogP contribution in [0, 0.1) is 5.92 Å². The molecule has 3 nitrogen and oxygen atoms in total. The van der Waals surface area contributed by atoms with Crippen molar-refractivity contribution < 1.29 is 9.47 Å². The third-order valence-corrected chi connectivity index (χ3v) is 2.62. The smallest absolute Gasteiger partial charge is 0.172 e. The zero-order valence-electron chi connectivity index (χ0n) is 9.37. The van der Waals surface area contributed by atoms with E-state index in [1.807, 2.05) is 13.8 Å². The van der Waals surface area contributed by atoms with Crippen molar-refractivity contribution in [3.63, 3.8) is 0 Å². The second-order valence-electron chi connectivity index (χ2n) is 3.96. The zero-order chi connectivity index (χ0) is 10.4. The molecule has 1 aliphatic rings. The standard InChI is InChI=1S/C11H23NO2/c1-3-13-11(14-4-2)10(12)8-7-9-5-6-9/h9-11H,3-8,12H2,1-2H3. The Hall–Kier alpha value is -0.120. The SMILES string of the molecule is CCOC(OCC)C(N)CCC1CC1. The van der Waals surface area contributed by atoms with Crippen LogP contribution >= 0.6 is 0 Å². The quantitative estimate of drug-likeness (QED) is 0.610. The molecule has 3 heteroatoms. The highest BCUT2D eigenvalue weighted by molar-refractivity contribution is 4.76. The van der Waals surface area contributed by atoms with Gasteiger partial charge >= 0.3 is 0 Å². The van der Waals surface area contributed by atoms with Gasteiger partial charge in [-0.25, -0.2) is 0 Å². The number of nitrogens with two attached hydrogens (primary N) is 1. The monoisotopic (exact) mass is 201 g/mol. The first-order chi connectivity index (χ1) is 6.77. The van der Waals surface area contributed by atoms with Gasteiger partial charge in [-0.05, 0) is 32.6 Å². The van der Waals surface area contributed by atoms with E-state index in [1.165, 1.54) is 19.3 Å². The summed E-state index contributed by atoms with van der Waals surface area (Å²) in [5.41, 5.74) is 6.02. The Bertz CT molecular complexity index is 142. The van der Waals surface area contributed by atoms with Gasteiger partial charge in [-0.15, -0.1) is 0 Å². The highest BCUT2D eigenvalue weighted by Gasteiger charge is 2.24. The molecule has 0 bridgehead atoms. The third-order valence-electron chi connectivity index (χ3n) is 2.62. The van der Waals surface area contributed by atoms with Crippen molar-refractivity contribution in [3.8, 4) is 0 Å². The van der Waals surface area contributed by atoms with E-state index >= 15 is 0 Å². The second kappa shape index (κ2) is 6.38. The number of hydrogen-bond acceptors (Lipinski definition) is 3. The minimum absolute atomic E-state index is 0.0375. The van der Waals surface area contributed by atoms with Crippen molar-refractivity contribution in [3.05, 3.63) is 0 Å². The lowest BCUT2D eigenvalue weighted by Gasteiger charge is -2.23. The summed E-state index contributed by atoms with van der Waals surface area (Å²) in [6.07, 6.45) is 4.83. The maximum Gasteiger partial charge on any atom is 0.172 e. The molecule has 1 saturated carbocycles. The Labute approximate surface area is 86.9 Å². The maximum absolute atomic E-state index is 6.02. The molecule has 0 amide bonds. The summed E-state index contributed by atoms with van der Waals surface area (Å²) in [4.78, 5) is 0. The number of ether oxygens (including phenoxy) is 2. The van der Waals surface area contributed by atoms with Crippen LogP contribution in [0.15, 0.2) is 0 Å². The fourth-order valence-corrected chi connectivity index (χ4v) is 1.59. The van der Waals surface area contributed by atoms with Crippen LogP contribution in [0.2, 0.25) is 0 Å². The third kappa shape index (κ3) is 4.40. The Morgan fingerprint density at radius 1 is 1.21 bits per heavy atom. The van der Waals surface area contributed by atoms with E-state index < -0.39 is 0 Å². The molecule has 0 heterocycles. The number of rotatable bonds is 8. The molecule has 2 N–H and O–H groups in total. The molecule has 0 radical (unpaired) electrons. The Kier molecular flexibility index (Phi) is 5.45. The molecular weight excluding hydrogens is 178 g/mol. The van der Waals surface area contributed by atoms with Gasteiger partial charge in [0.1, 0.15) is 0 Å². The Morgan fingerprint density at radius 3 is 2.21 bits per heavy atom. The summed E-state index contributed by atoms with van der Waals surface area (Å²) in [6, 6.07) is 0.0375. The van der Waals surface area contributed by atoms with Gasteiger partial charge in [0.05, 0.1) is 6.04 Å². The van der Waals surface area contributed by atoms with Crippen molar-refractivity contribution >= 4 is 0 Å². The molecule has 0 saturated heterocycles. The zero-order valence-corrected chi connectivity index (χ0v) is 9.37. The first kappa shape index (κ1) is 12.0. The van der Waals surface area contributed by atoms with Crippen LogP contribution in [0.25, 0.3) is 0 Å². The largest absolute Gasteiger partial charge is 0.351 e. The minimum atomic E-state index is -0.205. The fraction of sp³-hybridized carbons (Fsp3) is 1.00. The van der Waals surface area contributed by atoms with Gasteiger partial charge in [0.25, 0.3) is 0 Å². The summed E-state index contributed by atoms with van der Waals surface area (Å²) in [7, 11) is 0. The lowest BCUT2D eigenvalue weighted by atomic mass is 10.1. The van der Waals surface area contributed by atoms with E-state index in [0.29, 0.717) is 13.2 Å². The summed E-state index contributed by atoms with van der Waals surface area (Å²) >= 11 is 0. The summed E-state index contributed by atoms with van der Waals surface area (Å²) in [5.74, 6) is 0.935. The van der Waals surface area contributed by atoms with E-state index in [9.17, 15) is 0 Å². The lowest BCUT2D eigenvalue weighted by Crippen LogP contribution is -2.39. The second-order valence-corrected chi connectivity index (χ2v) is 3.96. The average molecular weight is 201 g/mol. The van der Waals surface area contributed by atoms with Crippen molar-refractivity contribution in [2.24, 2.45) is 11.7 Å². The molecular formula is C11H23NO2. The van der Waals surface area contributed by atoms with Crippen molar-refractivity contribution in [1.82, 2.24) is 0 Å². The predicted molar refractivity (Wildman–Crippen MR) is 57.0 cm³/mol. The van der Waals surface area contributed by atoms with Crippen LogP contribution in [0.4, 0.5) is 0 Å². The molecule has 0 aliphatic heterocycles. The van der Waals surface area contributed by atoms with Crippen molar-refractivity contribution in [1.29, 1.82) is 0 Å². The van der Waals surface area contributed by atoms with E-state index in [-0.39, 0.29) is 12.3 Å². The van der Waals surface area contributed by atoms with Gasteiger partial charge in [-0.1, -0.05) is 12.8 Å². The van der Waals surface area contributed by atoms with E-state index in [4.69, 9.17) is 15.2 Å². The summed E-state index contributed by atoms with van der Waals surface area (Å²) < 4.78 is 10.9. The van der Waals surface area contributed by atoms with Gasteiger partial charge in [0.2, 0.25) is 0 Å². The molecule has 1 rings (SSSR count). The van der Waals surface area contributed by atoms with E-state index in [2.05, 4.69) is 0 Å². The molecule has 0 aromatic carbocycles. The fourth-order valence-electron chi connectivity index (χ4n) is 1.59. The molecule has 14 heavy (non-hydrogen) atoms. The molecule has 1 unspecified atom stereocenters. The average Bonchev–Trinajstić information content (AvgIpc) is 2.97. The molecule has 0 spiro atoms. The number of hydrogen-bond donors (Lipinski definition) is 1. The summed E-state index contributed by atoms with van der Waals surface area (Å²) in [5, 5.41) is 0. The van der Waals surface area contributed by atoms with Crippen molar-refractivity contribution in [2.75, 3.05) is 13.2 Å². The van der Waals surface area contributed by atoms with E-state index in [1.54, 1.807) is 0 Å². The van der Waals surface area contributed by atoms with Gasteiger partial charge in [0.15, 0.2) is 6.29 Å². The normalized spacial score (nSPS) is 18.9. The predicted octanol–water partition coefficient (Wildman–Crippen LogP) is 1.90. The van der Waals surface area contributed by atoms with Crippen molar-refractivity contribution in [2.45, 2.75) is 51.9 Å².